The molecular weight excluding hydrogens is 255 g/mol. The first-order valence-corrected chi connectivity index (χ1v) is 6.44. The fourth-order valence-corrected chi connectivity index (χ4v) is 2.24. The highest BCUT2D eigenvalue weighted by molar-refractivity contribution is 5.99. The van der Waals surface area contributed by atoms with Crippen LogP contribution in [0.2, 0.25) is 0 Å². The van der Waals surface area contributed by atoms with Gasteiger partial charge >= 0.3 is 0 Å². The maximum Gasteiger partial charge on any atom is 0.167 e. The third kappa shape index (κ3) is 3.05. The number of benzene rings is 2. The average molecular weight is 272 g/mol. The molecule has 0 aromatic heterocycles. The largest absolute Gasteiger partial charge is 0.496 e. The fourth-order valence-electron chi connectivity index (χ4n) is 2.24. The smallest absolute Gasteiger partial charge is 0.167 e. The van der Waals surface area contributed by atoms with Crippen LogP contribution in [0.4, 0.5) is 4.39 Å². The van der Waals surface area contributed by atoms with Crippen molar-refractivity contribution in [2.75, 3.05) is 7.11 Å². The van der Waals surface area contributed by atoms with Crippen molar-refractivity contribution < 1.29 is 13.9 Å². The molecule has 104 valence electrons. The molecule has 0 heterocycles. The molecule has 2 nitrogen and oxygen atoms in total. The Bertz CT molecular complexity index is 647. The summed E-state index contributed by atoms with van der Waals surface area (Å²) in [7, 11) is 1.61. The van der Waals surface area contributed by atoms with E-state index in [1.807, 2.05) is 26.0 Å². The minimum absolute atomic E-state index is 0.0150. The van der Waals surface area contributed by atoms with Gasteiger partial charge in [0.25, 0.3) is 0 Å². The zero-order chi connectivity index (χ0) is 14.7. The summed E-state index contributed by atoms with van der Waals surface area (Å²) in [5, 5.41) is 0. The Hall–Kier alpha value is -2.16. The van der Waals surface area contributed by atoms with E-state index in [2.05, 4.69) is 0 Å². The molecule has 0 N–H and O–H groups in total. The standard InChI is InChI=1S/C17H17FO2/c1-11-8-17(20-3)12(2)7-15(11)16(19)10-13-5-4-6-14(18)9-13/h4-9H,10H2,1-3H3. The Morgan fingerprint density at radius 2 is 1.90 bits per heavy atom. The number of carbonyl (C=O) groups is 1. The highest BCUT2D eigenvalue weighted by Crippen LogP contribution is 2.23. The number of carbonyl (C=O) groups excluding carboxylic acids is 1. The minimum atomic E-state index is -0.321. The molecule has 0 atom stereocenters. The molecule has 2 aromatic carbocycles. The molecular formula is C17H17FO2. The summed E-state index contributed by atoms with van der Waals surface area (Å²) in [6.45, 7) is 3.78. The lowest BCUT2D eigenvalue weighted by Crippen LogP contribution is -2.07. The lowest BCUT2D eigenvalue weighted by Gasteiger charge is -2.10. The van der Waals surface area contributed by atoms with Gasteiger partial charge in [0.2, 0.25) is 0 Å². The molecule has 20 heavy (non-hydrogen) atoms. The molecule has 0 radical (unpaired) electrons. The third-order valence-electron chi connectivity index (χ3n) is 3.30. The molecule has 0 aliphatic heterocycles. The molecule has 0 aliphatic rings. The van der Waals surface area contributed by atoms with Crippen molar-refractivity contribution >= 4 is 5.78 Å². The van der Waals surface area contributed by atoms with Gasteiger partial charge in [-0.1, -0.05) is 12.1 Å². The van der Waals surface area contributed by atoms with E-state index < -0.39 is 0 Å². The third-order valence-corrected chi connectivity index (χ3v) is 3.30. The number of rotatable bonds is 4. The van der Waals surface area contributed by atoms with Gasteiger partial charge in [-0.3, -0.25) is 4.79 Å². The summed E-state index contributed by atoms with van der Waals surface area (Å²) in [6.07, 6.45) is 0.199. The molecule has 0 aliphatic carbocycles. The van der Waals surface area contributed by atoms with E-state index in [9.17, 15) is 9.18 Å². The molecule has 0 unspecified atom stereocenters. The summed E-state index contributed by atoms with van der Waals surface area (Å²) in [5.74, 6) is 0.432. The second-order valence-electron chi connectivity index (χ2n) is 4.87. The number of methoxy groups -OCH3 is 1. The van der Waals surface area contributed by atoms with Crippen LogP contribution in [-0.4, -0.2) is 12.9 Å². The first kappa shape index (κ1) is 14.3. The van der Waals surface area contributed by atoms with E-state index in [1.54, 1.807) is 19.2 Å². The van der Waals surface area contributed by atoms with Crippen molar-refractivity contribution in [1.82, 2.24) is 0 Å². The Morgan fingerprint density at radius 3 is 2.55 bits per heavy atom. The van der Waals surface area contributed by atoms with Crippen LogP contribution in [0.25, 0.3) is 0 Å². The highest BCUT2D eigenvalue weighted by Gasteiger charge is 2.13. The van der Waals surface area contributed by atoms with E-state index in [1.165, 1.54) is 12.1 Å². The van der Waals surface area contributed by atoms with Crippen molar-refractivity contribution in [2.45, 2.75) is 20.3 Å². The van der Waals surface area contributed by atoms with Crippen LogP contribution in [0.15, 0.2) is 36.4 Å². The van der Waals surface area contributed by atoms with Gasteiger partial charge < -0.3 is 4.74 Å². The van der Waals surface area contributed by atoms with E-state index in [-0.39, 0.29) is 18.0 Å². The van der Waals surface area contributed by atoms with E-state index in [0.717, 1.165) is 16.9 Å². The Morgan fingerprint density at radius 1 is 1.15 bits per heavy atom. The van der Waals surface area contributed by atoms with Gasteiger partial charge in [0.15, 0.2) is 5.78 Å². The van der Waals surface area contributed by atoms with Crippen LogP contribution in [0.3, 0.4) is 0 Å². The topological polar surface area (TPSA) is 26.3 Å². The molecule has 2 aromatic rings. The molecule has 0 amide bonds. The molecule has 0 fully saturated rings. The summed E-state index contributed by atoms with van der Waals surface area (Å²) in [6, 6.07) is 9.82. The zero-order valence-electron chi connectivity index (χ0n) is 11.9. The number of hydrogen-bond acceptors (Lipinski definition) is 2. The number of halogens is 1. The van der Waals surface area contributed by atoms with Crippen molar-refractivity contribution in [2.24, 2.45) is 0 Å². The predicted molar refractivity (Wildman–Crippen MR) is 76.9 cm³/mol. The number of ketones is 1. The first-order valence-electron chi connectivity index (χ1n) is 6.44. The summed E-state index contributed by atoms with van der Waals surface area (Å²) >= 11 is 0. The number of Topliss-reactive ketones (excluding diaryl/α,β-unsaturated/α-hetero) is 1. The molecule has 0 saturated carbocycles. The van der Waals surface area contributed by atoms with E-state index in [0.29, 0.717) is 11.1 Å². The van der Waals surface area contributed by atoms with Gasteiger partial charge in [-0.25, -0.2) is 4.39 Å². The van der Waals surface area contributed by atoms with Crippen LogP contribution in [0.5, 0.6) is 5.75 Å². The number of hydrogen-bond donors (Lipinski definition) is 0. The van der Waals surface area contributed by atoms with Crippen LogP contribution in [-0.2, 0) is 6.42 Å². The Kier molecular flexibility index (Phi) is 4.18. The molecule has 3 heteroatoms. The quantitative estimate of drug-likeness (QED) is 0.790. The second kappa shape index (κ2) is 5.87. The molecule has 0 bridgehead atoms. The van der Waals surface area contributed by atoms with Crippen molar-refractivity contribution in [3.63, 3.8) is 0 Å². The summed E-state index contributed by atoms with van der Waals surface area (Å²) < 4.78 is 18.4. The SMILES string of the molecule is COc1cc(C)c(C(=O)Cc2cccc(F)c2)cc1C. The lowest BCUT2D eigenvalue weighted by molar-refractivity contribution is 0.0992. The zero-order valence-corrected chi connectivity index (χ0v) is 11.9. The van der Waals surface area contributed by atoms with Crippen LogP contribution in [0.1, 0.15) is 27.0 Å². The maximum absolute atomic E-state index is 13.1. The normalized spacial score (nSPS) is 10.4. The molecule has 2 rings (SSSR count). The van der Waals surface area contributed by atoms with Crippen LogP contribution in [0, 0.1) is 19.7 Å². The maximum atomic E-state index is 13.1. The highest BCUT2D eigenvalue weighted by atomic mass is 19.1. The second-order valence-corrected chi connectivity index (χ2v) is 4.87. The minimum Gasteiger partial charge on any atom is -0.496 e. The van der Waals surface area contributed by atoms with Gasteiger partial charge in [0.05, 0.1) is 7.11 Å². The van der Waals surface area contributed by atoms with Crippen LogP contribution >= 0.6 is 0 Å². The average Bonchev–Trinajstić information content (AvgIpc) is 2.40. The van der Waals surface area contributed by atoms with Gasteiger partial charge in [-0.2, -0.15) is 0 Å². The first-order chi connectivity index (χ1) is 9.51. The van der Waals surface area contributed by atoms with Crippen molar-refractivity contribution in [1.29, 1.82) is 0 Å². The van der Waals surface area contributed by atoms with Gasteiger partial charge in [0, 0.05) is 12.0 Å². The Labute approximate surface area is 118 Å². The van der Waals surface area contributed by atoms with Gasteiger partial charge in [-0.15, -0.1) is 0 Å². The predicted octanol–water partition coefficient (Wildman–Crippen LogP) is 3.88. The van der Waals surface area contributed by atoms with Gasteiger partial charge in [0.1, 0.15) is 11.6 Å². The van der Waals surface area contributed by atoms with Gasteiger partial charge in [-0.05, 0) is 54.8 Å². The summed E-state index contributed by atoms with van der Waals surface area (Å²) in [5.41, 5.74) is 3.13. The fraction of sp³-hybridized carbons (Fsp3) is 0.235. The number of ether oxygens (including phenoxy) is 1. The monoisotopic (exact) mass is 272 g/mol. The summed E-state index contributed by atoms with van der Waals surface area (Å²) in [4.78, 5) is 12.3. The molecule has 0 saturated heterocycles. The van der Waals surface area contributed by atoms with E-state index >= 15 is 0 Å². The van der Waals surface area contributed by atoms with Crippen LogP contribution < -0.4 is 4.74 Å². The molecule has 0 spiro atoms. The number of aryl methyl sites for hydroxylation is 2. The Balaban J connectivity index is 2.28. The lowest BCUT2D eigenvalue weighted by atomic mass is 9.97. The van der Waals surface area contributed by atoms with E-state index in [4.69, 9.17) is 4.74 Å². The van der Waals surface area contributed by atoms with Crippen molar-refractivity contribution in [3.05, 3.63) is 64.5 Å². The van der Waals surface area contributed by atoms with Crippen molar-refractivity contribution in [3.8, 4) is 5.75 Å².